The zero-order valence-electron chi connectivity index (χ0n) is 60.5. The van der Waals surface area contributed by atoms with Gasteiger partial charge in [-0.2, -0.15) is 0 Å². The summed E-state index contributed by atoms with van der Waals surface area (Å²) < 4.78 is 0. The monoisotopic (exact) mass is 1330 g/mol. The minimum Gasteiger partial charge on any atom is -0.0622 e. The van der Waals surface area contributed by atoms with Gasteiger partial charge in [0.15, 0.2) is 0 Å². The molecule has 16 aromatic carbocycles. The first-order chi connectivity index (χ1) is 50.5. The summed E-state index contributed by atoms with van der Waals surface area (Å²) in [4.78, 5) is 0. The Morgan fingerprint density at radius 2 is 0.301 bits per heavy atom. The van der Waals surface area contributed by atoms with Crippen LogP contribution in [0.4, 0.5) is 0 Å². The van der Waals surface area contributed by atoms with Crippen LogP contribution in [0.15, 0.2) is 431 Å². The summed E-state index contributed by atoms with van der Waals surface area (Å²) in [6, 6.07) is 151. The molecule has 0 aliphatic heterocycles. The van der Waals surface area contributed by atoms with E-state index >= 15 is 0 Å². The molecular formula is C103H92. The molecule has 0 unspecified atom stereocenters. The third kappa shape index (κ3) is 23.3. The Morgan fingerprint density at radius 1 is 0.107 bits per heavy atom. The summed E-state index contributed by atoms with van der Waals surface area (Å²) in [7, 11) is 0. The van der Waals surface area contributed by atoms with Crippen molar-refractivity contribution in [1.29, 1.82) is 0 Å². The molecular weight excluding hydrogens is 1240 g/mol. The van der Waals surface area contributed by atoms with Crippen LogP contribution in [0.1, 0.15) is 38.9 Å². The van der Waals surface area contributed by atoms with Crippen molar-refractivity contribution in [2.75, 3.05) is 0 Å². The third-order valence-electron chi connectivity index (χ3n) is 17.5. The Balaban J connectivity index is 0.000000131. The van der Waals surface area contributed by atoms with Crippen LogP contribution in [-0.2, 0) is 0 Å². The Hall–Kier alpha value is -12.5. The van der Waals surface area contributed by atoms with Crippen molar-refractivity contribution in [3.8, 4) is 100 Å². The second kappa shape index (κ2) is 39.3. The maximum Gasteiger partial charge on any atom is -0.0155 e. The number of hydrogen-bond acceptors (Lipinski definition) is 0. The van der Waals surface area contributed by atoms with Crippen LogP contribution < -0.4 is 0 Å². The van der Waals surface area contributed by atoms with E-state index in [2.05, 4.69) is 431 Å². The minimum absolute atomic E-state index is 1.26. The quantitative estimate of drug-likeness (QED) is 0.135. The van der Waals surface area contributed by atoms with Crippen molar-refractivity contribution in [1.82, 2.24) is 0 Å². The van der Waals surface area contributed by atoms with Gasteiger partial charge >= 0.3 is 0 Å². The maximum atomic E-state index is 2.26. The number of aryl methyl sites for hydroxylation is 7. The van der Waals surface area contributed by atoms with Crippen LogP contribution in [0.3, 0.4) is 0 Å². The Kier molecular flexibility index (Phi) is 28.0. The average molecular weight is 1330 g/mol. The molecule has 0 aromatic heterocycles. The van der Waals surface area contributed by atoms with Gasteiger partial charge in [-0.15, -0.1) is 0 Å². The van der Waals surface area contributed by atoms with E-state index in [1.807, 2.05) is 48.5 Å². The normalized spacial score (nSPS) is 10.1. The molecule has 0 aliphatic rings. The fourth-order valence-electron chi connectivity index (χ4n) is 11.9. The molecule has 0 heteroatoms. The second-order valence-electron chi connectivity index (χ2n) is 25.7. The molecule has 0 radical (unpaired) electrons. The van der Waals surface area contributed by atoms with Gasteiger partial charge in [0.1, 0.15) is 0 Å². The van der Waals surface area contributed by atoms with E-state index in [0.717, 1.165) is 0 Å². The van der Waals surface area contributed by atoms with Crippen LogP contribution >= 0.6 is 0 Å². The molecule has 0 spiro atoms. The minimum atomic E-state index is 1.26. The summed E-state index contributed by atoms with van der Waals surface area (Å²) >= 11 is 0. The molecule has 0 bridgehead atoms. The van der Waals surface area contributed by atoms with Gasteiger partial charge < -0.3 is 0 Å². The van der Waals surface area contributed by atoms with Gasteiger partial charge in [0.2, 0.25) is 0 Å². The summed E-state index contributed by atoms with van der Waals surface area (Å²) in [5, 5.41) is 0. The fourth-order valence-corrected chi connectivity index (χ4v) is 11.9. The molecule has 0 nitrogen and oxygen atoms in total. The first-order valence-electron chi connectivity index (χ1n) is 35.5. The fraction of sp³-hybridized carbons (Fsp3) is 0.0680. The predicted molar refractivity (Wildman–Crippen MR) is 447 cm³/mol. The lowest BCUT2D eigenvalue weighted by molar-refractivity contribution is 1.46. The summed E-state index contributed by atoms with van der Waals surface area (Å²) in [5.41, 5.74) is 32.2. The van der Waals surface area contributed by atoms with E-state index in [4.69, 9.17) is 0 Å². The molecule has 0 saturated heterocycles. The van der Waals surface area contributed by atoms with Crippen LogP contribution in [0.2, 0.25) is 0 Å². The highest BCUT2D eigenvalue weighted by atomic mass is 14.1. The zero-order chi connectivity index (χ0) is 71.6. The number of benzene rings is 16. The van der Waals surface area contributed by atoms with Crippen molar-refractivity contribution in [2.24, 2.45) is 0 Å². The smallest absolute Gasteiger partial charge is 0.0155 e. The molecule has 0 aliphatic carbocycles. The molecule has 0 fully saturated rings. The van der Waals surface area contributed by atoms with Crippen molar-refractivity contribution in [3.05, 3.63) is 470 Å². The van der Waals surface area contributed by atoms with Crippen molar-refractivity contribution < 1.29 is 0 Å². The number of rotatable bonds is 9. The van der Waals surface area contributed by atoms with Gasteiger partial charge in [-0.25, -0.2) is 0 Å². The van der Waals surface area contributed by atoms with E-state index in [0.29, 0.717) is 0 Å². The average Bonchev–Trinajstić information content (AvgIpc) is 0.851. The lowest BCUT2D eigenvalue weighted by Crippen LogP contribution is -1.84. The Morgan fingerprint density at radius 3 is 0.602 bits per heavy atom. The highest BCUT2D eigenvalue weighted by molar-refractivity contribution is 5.76. The lowest BCUT2D eigenvalue weighted by Gasteiger charge is -2.08. The van der Waals surface area contributed by atoms with Gasteiger partial charge in [0, 0.05) is 0 Å². The molecule has 16 aromatic rings. The Labute approximate surface area is 614 Å². The first-order valence-corrected chi connectivity index (χ1v) is 35.5. The van der Waals surface area contributed by atoms with Gasteiger partial charge in [-0.3, -0.25) is 0 Å². The molecule has 504 valence electrons. The van der Waals surface area contributed by atoms with Gasteiger partial charge in [-0.05, 0) is 171 Å². The highest BCUT2D eigenvalue weighted by Gasteiger charge is 2.06. The SMILES string of the molecule is Cc1cc(-c2ccccc2)cc(-c2ccccc2)c1.Cc1ccc(-c2ccccc2)cc1.Cc1cccc(-c2ccc(-c3ccccc3)cc2)c1.Cc1cccc(-c2ccccc2)c1.Cc1ccccc1.Cc1ccccc1-c1ccc(-c2ccccc2)cc1.Cc1ccccc1-c1ccccc1. The largest absolute Gasteiger partial charge is 0.0622 e. The van der Waals surface area contributed by atoms with Crippen molar-refractivity contribution >= 4 is 0 Å². The molecule has 0 heterocycles. The van der Waals surface area contributed by atoms with E-state index in [1.54, 1.807) is 0 Å². The standard InChI is InChI=1S/3C19H16.3C13H12.C7H8/c1-15-12-18(16-8-4-2-5-9-16)14-19(13-15)17-10-6-3-7-11-17;1-15-7-5-6-10-19(15)18-13-11-17(12-14-18)16-8-3-2-4-9-16;1-15-6-5-9-19(14-15)18-12-10-17(11-13-18)16-7-3-2-4-8-16;1-11-7-5-6-10-13(11)12-8-3-2-4-9-12;1-11-6-5-9-13(10-11)12-7-3-2-4-8-12;1-11-7-9-13(10-8-11)12-5-3-2-4-6-12;1-7-5-3-2-4-6-7/h3*2-14H,1H3;3*2-10H,1H3;2-6H,1H3. The number of hydrogen-bond donors (Lipinski definition) is 0. The van der Waals surface area contributed by atoms with Gasteiger partial charge in [-0.1, -0.05) is 447 Å². The van der Waals surface area contributed by atoms with Crippen molar-refractivity contribution in [3.63, 3.8) is 0 Å². The van der Waals surface area contributed by atoms with Crippen LogP contribution in [0.25, 0.3) is 100 Å². The van der Waals surface area contributed by atoms with E-state index in [-0.39, 0.29) is 0 Å². The third-order valence-corrected chi connectivity index (χ3v) is 17.5. The molecule has 16 rings (SSSR count). The molecule has 0 N–H and O–H groups in total. The second-order valence-corrected chi connectivity index (χ2v) is 25.7. The van der Waals surface area contributed by atoms with Crippen LogP contribution in [0.5, 0.6) is 0 Å². The molecule has 103 heavy (non-hydrogen) atoms. The molecule has 0 amide bonds. The summed E-state index contributed by atoms with van der Waals surface area (Å²) in [6.07, 6.45) is 0. The van der Waals surface area contributed by atoms with E-state index in [9.17, 15) is 0 Å². The van der Waals surface area contributed by atoms with Crippen LogP contribution in [-0.4, -0.2) is 0 Å². The molecule has 0 atom stereocenters. The lowest BCUT2D eigenvalue weighted by atomic mass is 9.97. The summed E-state index contributed by atoms with van der Waals surface area (Å²) in [6.45, 7) is 14.9. The summed E-state index contributed by atoms with van der Waals surface area (Å²) in [5.74, 6) is 0. The predicted octanol–water partition coefficient (Wildman–Crippen LogP) is 29.0. The maximum absolute atomic E-state index is 2.26. The topological polar surface area (TPSA) is 0 Å². The first kappa shape index (κ1) is 73.2. The Bertz CT molecular complexity index is 4990. The molecule has 0 saturated carbocycles. The van der Waals surface area contributed by atoms with Gasteiger partial charge in [0.05, 0.1) is 0 Å². The highest BCUT2D eigenvalue weighted by Crippen LogP contribution is 2.31. The van der Waals surface area contributed by atoms with E-state index < -0.39 is 0 Å². The van der Waals surface area contributed by atoms with Crippen LogP contribution in [0, 0.1) is 48.5 Å². The van der Waals surface area contributed by atoms with E-state index in [1.165, 1.54) is 139 Å². The van der Waals surface area contributed by atoms with Gasteiger partial charge in [0.25, 0.3) is 0 Å². The van der Waals surface area contributed by atoms with Crippen molar-refractivity contribution in [2.45, 2.75) is 48.5 Å². The zero-order valence-corrected chi connectivity index (χ0v) is 60.5.